The van der Waals surface area contributed by atoms with Crippen molar-refractivity contribution in [3.8, 4) is 11.4 Å². The smallest absolute Gasteiger partial charge is 0.248 e. The molecule has 4 rings (SSSR count). The number of para-hydroxylation sites is 1. The highest BCUT2D eigenvalue weighted by Crippen LogP contribution is 2.30. The third kappa shape index (κ3) is 5.32. The Bertz CT molecular complexity index is 1340. The average Bonchev–Trinajstić information content (AvgIpc) is 3.16. The van der Waals surface area contributed by atoms with E-state index in [1.165, 1.54) is 23.6 Å². The van der Waals surface area contributed by atoms with E-state index in [1.807, 2.05) is 50.2 Å². The van der Waals surface area contributed by atoms with Gasteiger partial charge in [-0.1, -0.05) is 18.2 Å². The first-order chi connectivity index (χ1) is 16.8. The molecule has 0 radical (unpaired) electrons. The fraction of sp³-hybridized carbons (Fsp3) is 0.269. The lowest BCUT2D eigenvalue weighted by molar-refractivity contribution is -0.111. The first kappa shape index (κ1) is 24.7. The molecular weight excluding hydrogens is 466 g/mol. The van der Waals surface area contributed by atoms with Crippen LogP contribution in [0, 0.1) is 13.8 Å². The molecule has 35 heavy (non-hydrogen) atoms. The van der Waals surface area contributed by atoms with Gasteiger partial charge >= 0.3 is 0 Å². The summed E-state index contributed by atoms with van der Waals surface area (Å²) in [7, 11) is -2.38. The first-order valence-corrected chi connectivity index (χ1v) is 12.7. The summed E-state index contributed by atoms with van der Waals surface area (Å²) in [4.78, 5) is 12.7. The molecule has 0 aliphatic carbocycles. The van der Waals surface area contributed by atoms with Gasteiger partial charge in [-0.05, 0) is 61.9 Å². The van der Waals surface area contributed by atoms with Crippen molar-refractivity contribution in [2.24, 2.45) is 0 Å². The van der Waals surface area contributed by atoms with E-state index in [-0.39, 0.29) is 29.6 Å². The summed E-state index contributed by atoms with van der Waals surface area (Å²) < 4.78 is 40.4. The molecule has 0 atom stereocenters. The van der Waals surface area contributed by atoms with E-state index in [0.717, 1.165) is 22.6 Å². The molecule has 1 fully saturated rings. The normalized spacial score (nSPS) is 14.8. The Hall–Kier alpha value is -3.40. The fourth-order valence-electron chi connectivity index (χ4n) is 4.16. The van der Waals surface area contributed by atoms with E-state index in [1.54, 1.807) is 18.2 Å². The third-order valence-electron chi connectivity index (χ3n) is 5.92. The van der Waals surface area contributed by atoms with Crippen LogP contribution in [0.4, 0.5) is 5.69 Å². The predicted molar refractivity (Wildman–Crippen MR) is 135 cm³/mol. The number of morpholine rings is 1. The lowest BCUT2D eigenvalue weighted by atomic mass is 10.2. The number of rotatable bonds is 7. The van der Waals surface area contributed by atoms with Crippen LogP contribution in [0.15, 0.2) is 65.6 Å². The zero-order chi connectivity index (χ0) is 25.0. The predicted octanol–water partition coefficient (Wildman–Crippen LogP) is 3.78. The average molecular weight is 496 g/mol. The lowest BCUT2D eigenvalue weighted by Gasteiger charge is -2.26. The van der Waals surface area contributed by atoms with Crippen molar-refractivity contribution in [1.29, 1.82) is 0 Å². The number of aryl methyl sites for hydroxylation is 1. The molecule has 9 heteroatoms. The molecule has 1 aliphatic rings. The molecule has 1 aromatic heterocycles. The van der Waals surface area contributed by atoms with Gasteiger partial charge in [0.2, 0.25) is 15.9 Å². The molecule has 1 saturated heterocycles. The minimum Gasteiger partial charge on any atom is -0.495 e. The summed E-state index contributed by atoms with van der Waals surface area (Å²) >= 11 is 0. The van der Waals surface area contributed by atoms with Gasteiger partial charge in [0.15, 0.2) is 0 Å². The Morgan fingerprint density at radius 2 is 1.77 bits per heavy atom. The van der Waals surface area contributed by atoms with Crippen LogP contribution in [0.5, 0.6) is 5.75 Å². The highest BCUT2D eigenvalue weighted by molar-refractivity contribution is 7.89. The standard InChI is InChI=1S/C26H29N3O5S/c1-19-17-21(20(2)29(19)23-7-5-4-6-8-23)9-12-26(30)27-22-10-11-24(33-3)25(18-22)35(31,32)28-13-15-34-16-14-28/h4-12,17-18H,13-16H2,1-3H3,(H,27,30)/b12-9+. The van der Waals surface area contributed by atoms with Gasteiger partial charge < -0.3 is 19.4 Å². The van der Waals surface area contributed by atoms with E-state index in [4.69, 9.17) is 9.47 Å². The molecule has 1 N–H and O–H groups in total. The van der Waals surface area contributed by atoms with Crippen molar-refractivity contribution in [2.75, 3.05) is 38.7 Å². The monoisotopic (exact) mass is 495 g/mol. The molecule has 0 spiro atoms. The number of carbonyl (C=O) groups is 1. The van der Waals surface area contributed by atoms with Crippen LogP contribution < -0.4 is 10.1 Å². The van der Waals surface area contributed by atoms with Crippen molar-refractivity contribution in [3.63, 3.8) is 0 Å². The van der Waals surface area contributed by atoms with Gasteiger partial charge in [-0.3, -0.25) is 4.79 Å². The second kappa shape index (κ2) is 10.5. The van der Waals surface area contributed by atoms with E-state index in [0.29, 0.717) is 18.9 Å². The molecular formula is C26H29N3O5S. The Balaban J connectivity index is 1.53. The first-order valence-electron chi connectivity index (χ1n) is 11.3. The summed E-state index contributed by atoms with van der Waals surface area (Å²) in [6.07, 6.45) is 3.20. The van der Waals surface area contributed by atoms with Crippen molar-refractivity contribution in [3.05, 3.63) is 77.6 Å². The second-order valence-electron chi connectivity index (χ2n) is 8.20. The van der Waals surface area contributed by atoms with Gasteiger partial charge in [-0.15, -0.1) is 0 Å². The maximum Gasteiger partial charge on any atom is 0.248 e. The van der Waals surface area contributed by atoms with Gasteiger partial charge in [-0.2, -0.15) is 4.31 Å². The zero-order valence-corrected chi connectivity index (χ0v) is 20.8. The molecule has 184 valence electrons. The highest BCUT2D eigenvalue weighted by Gasteiger charge is 2.29. The second-order valence-corrected chi connectivity index (χ2v) is 10.1. The molecule has 2 heterocycles. The zero-order valence-electron chi connectivity index (χ0n) is 20.0. The molecule has 8 nitrogen and oxygen atoms in total. The lowest BCUT2D eigenvalue weighted by Crippen LogP contribution is -2.40. The van der Waals surface area contributed by atoms with Gasteiger partial charge in [0, 0.05) is 41.9 Å². The number of methoxy groups -OCH3 is 1. The largest absolute Gasteiger partial charge is 0.495 e. The minimum atomic E-state index is -3.80. The highest BCUT2D eigenvalue weighted by atomic mass is 32.2. The number of carbonyl (C=O) groups excluding carboxylic acids is 1. The van der Waals surface area contributed by atoms with Crippen molar-refractivity contribution >= 4 is 27.7 Å². The summed E-state index contributed by atoms with van der Waals surface area (Å²) in [6.45, 7) is 5.24. The van der Waals surface area contributed by atoms with E-state index in [9.17, 15) is 13.2 Å². The van der Waals surface area contributed by atoms with Crippen LogP contribution in [-0.2, 0) is 19.6 Å². The van der Waals surface area contributed by atoms with Gasteiger partial charge in [0.25, 0.3) is 0 Å². The summed E-state index contributed by atoms with van der Waals surface area (Å²) in [5, 5.41) is 2.76. The fourth-order valence-corrected chi connectivity index (χ4v) is 5.75. The van der Waals surface area contributed by atoms with Gasteiger partial charge in [0.1, 0.15) is 10.6 Å². The summed E-state index contributed by atoms with van der Waals surface area (Å²) in [6, 6.07) is 16.6. The van der Waals surface area contributed by atoms with Gasteiger partial charge in [0.05, 0.1) is 20.3 Å². The maximum absolute atomic E-state index is 13.2. The number of amides is 1. The van der Waals surface area contributed by atoms with E-state index in [2.05, 4.69) is 9.88 Å². The number of aromatic nitrogens is 1. The Kier molecular flexibility index (Phi) is 7.39. The van der Waals surface area contributed by atoms with E-state index < -0.39 is 10.0 Å². The number of anilines is 1. The van der Waals surface area contributed by atoms with Crippen LogP contribution in [0.1, 0.15) is 17.0 Å². The number of benzene rings is 2. The number of nitrogens with zero attached hydrogens (tertiary/aromatic N) is 2. The number of nitrogens with one attached hydrogen (secondary N) is 1. The number of hydrogen-bond acceptors (Lipinski definition) is 5. The van der Waals surface area contributed by atoms with Gasteiger partial charge in [-0.25, -0.2) is 8.42 Å². The SMILES string of the molecule is COc1ccc(NC(=O)/C=C/c2cc(C)n(-c3ccccc3)c2C)cc1S(=O)(=O)N1CCOCC1. The van der Waals surface area contributed by atoms with Crippen LogP contribution >= 0.6 is 0 Å². The topological polar surface area (TPSA) is 89.9 Å². The quantitative estimate of drug-likeness (QED) is 0.504. The van der Waals surface area contributed by atoms with Crippen LogP contribution in [0.3, 0.4) is 0 Å². The Morgan fingerprint density at radius 1 is 1.06 bits per heavy atom. The maximum atomic E-state index is 13.2. The van der Waals surface area contributed by atoms with Crippen LogP contribution in [0.2, 0.25) is 0 Å². The molecule has 0 bridgehead atoms. The number of ether oxygens (including phenoxy) is 2. The summed E-state index contributed by atoms with van der Waals surface area (Å²) in [5.41, 5.74) is 4.41. The molecule has 3 aromatic rings. The molecule has 0 unspecified atom stereocenters. The molecule has 1 amide bonds. The van der Waals surface area contributed by atoms with Crippen LogP contribution in [-0.4, -0.2) is 56.6 Å². The van der Waals surface area contributed by atoms with Crippen molar-refractivity contribution in [2.45, 2.75) is 18.7 Å². The number of hydrogen-bond donors (Lipinski definition) is 1. The van der Waals surface area contributed by atoms with Crippen molar-refractivity contribution in [1.82, 2.24) is 8.87 Å². The minimum absolute atomic E-state index is 0.00934. The summed E-state index contributed by atoms with van der Waals surface area (Å²) in [5.74, 6) is -0.146. The third-order valence-corrected chi connectivity index (χ3v) is 7.84. The molecule has 2 aromatic carbocycles. The number of sulfonamides is 1. The van der Waals surface area contributed by atoms with Crippen molar-refractivity contribution < 1.29 is 22.7 Å². The molecule has 1 aliphatic heterocycles. The molecule has 0 saturated carbocycles. The van der Waals surface area contributed by atoms with Crippen LogP contribution in [0.25, 0.3) is 11.8 Å². The Morgan fingerprint density at radius 3 is 2.46 bits per heavy atom. The van der Waals surface area contributed by atoms with E-state index >= 15 is 0 Å². The Labute approximate surface area is 205 Å².